The van der Waals surface area contributed by atoms with Gasteiger partial charge in [0.15, 0.2) is 6.20 Å². The third-order valence-electron chi connectivity index (χ3n) is 3.72. The number of nitrogens with zero attached hydrogens (tertiary/aromatic N) is 3. The molecular weight excluding hydrogens is 329 g/mol. The van der Waals surface area contributed by atoms with Crippen molar-refractivity contribution in [1.82, 2.24) is 9.55 Å². The number of hydrogen-bond donors (Lipinski definition) is 1. The van der Waals surface area contributed by atoms with Gasteiger partial charge in [0, 0.05) is 20.3 Å². The summed E-state index contributed by atoms with van der Waals surface area (Å²) in [5.41, 5.74) is -0.222. The highest BCUT2D eigenvalue weighted by molar-refractivity contribution is 6.31. The molecule has 1 unspecified atom stereocenters. The fourth-order valence-corrected chi connectivity index (χ4v) is 2.84. The quantitative estimate of drug-likeness (QED) is 0.728. The van der Waals surface area contributed by atoms with Crippen LogP contribution in [0.2, 0.25) is 5.02 Å². The second kappa shape index (κ2) is 5.54. The number of benzene rings is 2. The molecule has 6 heteroatoms. The molecule has 1 aliphatic heterocycles. The zero-order valence-corrected chi connectivity index (χ0v) is 12.8. The summed E-state index contributed by atoms with van der Waals surface area (Å²) in [5.74, 6) is -1.17. The molecule has 0 saturated carbocycles. The molecule has 0 bridgehead atoms. The van der Waals surface area contributed by atoms with Gasteiger partial charge in [0.2, 0.25) is 0 Å². The summed E-state index contributed by atoms with van der Waals surface area (Å²) in [6, 6.07) is 10.0. The van der Waals surface area contributed by atoms with Crippen LogP contribution >= 0.6 is 11.6 Å². The van der Waals surface area contributed by atoms with Crippen LogP contribution in [0.25, 0.3) is 5.69 Å². The Morgan fingerprint density at radius 3 is 2.96 bits per heavy atom. The van der Waals surface area contributed by atoms with Gasteiger partial charge >= 0.3 is 0 Å². The van der Waals surface area contributed by atoms with Gasteiger partial charge in [-0.05, 0) is 37.2 Å². The predicted octanol–water partition coefficient (Wildman–Crippen LogP) is 3.82. The van der Waals surface area contributed by atoms with Gasteiger partial charge in [0.05, 0.1) is 26.0 Å². The van der Waals surface area contributed by atoms with Crippen LogP contribution in [0.5, 0.6) is 0 Å². The molecule has 24 heavy (non-hydrogen) atoms. The van der Waals surface area contributed by atoms with Crippen molar-refractivity contribution in [2.45, 2.75) is 13.1 Å². The van der Waals surface area contributed by atoms with Crippen molar-refractivity contribution in [3.05, 3.63) is 82.1 Å². The van der Waals surface area contributed by atoms with Crippen LogP contribution in [-0.4, -0.2) is 20.4 Å². The van der Waals surface area contributed by atoms with E-state index in [1.807, 2.05) is 0 Å². The monoisotopic (exact) mass is 346 g/mol. The molecule has 0 fully saturated rings. The van der Waals surface area contributed by atoms with Gasteiger partial charge in [-0.1, -0.05) is 23.7 Å². The lowest BCUT2D eigenvalue weighted by Gasteiger charge is -2.13. The topological polar surface area (TPSA) is 50.4 Å². The van der Waals surface area contributed by atoms with E-state index < -0.39 is 36.6 Å². The molecule has 4 nitrogen and oxygen atoms in total. The summed E-state index contributed by atoms with van der Waals surface area (Å²) >= 11 is 6.12. The molecule has 0 amide bonds. The number of halogens is 2. The van der Waals surface area contributed by atoms with Crippen molar-refractivity contribution in [2.24, 2.45) is 4.99 Å². The summed E-state index contributed by atoms with van der Waals surface area (Å²) in [6.45, 7) is -2.75. The Kier molecular flexibility index (Phi) is 2.40. The highest BCUT2D eigenvalue weighted by Crippen LogP contribution is 2.32. The second-order valence-corrected chi connectivity index (χ2v) is 5.59. The van der Waals surface area contributed by atoms with Gasteiger partial charge in [-0.3, -0.25) is 4.57 Å². The molecule has 0 spiro atoms. The number of aromatic nitrogens is 2. The predicted molar refractivity (Wildman–Crippen MR) is 90.3 cm³/mol. The lowest BCUT2D eigenvalue weighted by atomic mass is 10.00. The zero-order chi connectivity index (χ0) is 21.1. The van der Waals surface area contributed by atoms with Crippen LogP contribution in [0.3, 0.4) is 0 Å². The molecule has 4 rings (SSSR count). The number of aliphatic hydroxyl groups is 1. The van der Waals surface area contributed by atoms with Crippen LogP contribution in [0.1, 0.15) is 35.7 Å². The first-order valence-corrected chi connectivity index (χ1v) is 7.36. The van der Waals surface area contributed by atoms with E-state index in [0.717, 1.165) is 4.57 Å². The van der Waals surface area contributed by atoms with E-state index in [9.17, 15) is 9.50 Å². The number of aliphatic imine (C=N–C) groups is 1. The van der Waals surface area contributed by atoms with E-state index in [0.29, 0.717) is 0 Å². The average Bonchev–Trinajstić information content (AvgIpc) is 2.94. The molecular formula is C18H13ClFN3O. The fraction of sp³-hybridized carbons (Fsp3) is 0.111. The highest BCUT2D eigenvalue weighted by Gasteiger charge is 2.26. The molecule has 120 valence electrons. The van der Waals surface area contributed by atoms with E-state index in [1.54, 1.807) is 6.07 Å². The van der Waals surface area contributed by atoms with Crippen LogP contribution in [-0.2, 0) is 0 Å². The summed E-state index contributed by atoms with van der Waals surface area (Å²) in [5, 5.41) is 11.0. The molecule has 0 saturated heterocycles. The van der Waals surface area contributed by atoms with Gasteiger partial charge in [-0.25, -0.2) is 14.4 Å². The number of fused-ring (bicyclic) bond motifs is 3. The first-order chi connectivity index (χ1) is 13.5. The molecule has 2 aromatic carbocycles. The van der Waals surface area contributed by atoms with Crippen molar-refractivity contribution in [1.29, 1.82) is 0 Å². The number of aryl methyl sites for hydroxylation is 1. The van der Waals surface area contributed by atoms with Crippen molar-refractivity contribution in [3.8, 4) is 5.69 Å². The standard InChI is InChI=1S/C18H13ClFN3O/c1-10-21-9-16-18(24)22-17(12-4-2-3-5-14(12)20)13-8-11(19)6-7-15(13)23(10)16/h2-9,18,24H,1H3/i1D3,9D,18D. The van der Waals surface area contributed by atoms with Gasteiger partial charge in [-0.2, -0.15) is 0 Å². The van der Waals surface area contributed by atoms with E-state index in [4.69, 9.17) is 18.5 Å². The van der Waals surface area contributed by atoms with Crippen molar-refractivity contribution < 1.29 is 16.4 Å². The summed E-state index contributed by atoms with van der Waals surface area (Å²) in [4.78, 5) is 7.74. The molecule has 3 aromatic rings. The van der Waals surface area contributed by atoms with Gasteiger partial charge in [0.25, 0.3) is 0 Å². The number of rotatable bonds is 1. The summed E-state index contributed by atoms with van der Waals surface area (Å²) < 4.78 is 55.2. The smallest absolute Gasteiger partial charge is 0.189 e. The third-order valence-corrected chi connectivity index (χ3v) is 3.95. The maximum absolute atomic E-state index is 14.6. The Balaban J connectivity index is 2.16. The van der Waals surface area contributed by atoms with Gasteiger partial charge in [-0.15, -0.1) is 0 Å². The molecule has 0 radical (unpaired) electrons. The second-order valence-electron chi connectivity index (χ2n) is 5.16. The lowest BCUT2D eigenvalue weighted by molar-refractivity contribution is 0.182. The molecule has 1 aromatic heterocycles. The van der Waals surface area contributed by atoms with Crippen molar-refractivity contribution in [3.63, 3.8) is 0 Å². The molecule has 2 heterocycles. The van der Waals surface area contributed by atoms with E-state index in [1.165, 1.54) is 36.4 Å². The normalized spacial score (nSPS) is 22.8. The SMILES string of the molecule is [2H]c1nc(C([2H])([2H])[2H])n2c1C([2H])(O)N=C(c1ccccc1F)c1cc(Cl)ccc1-2. The maximum Gasteiger partial charge on any atom is 0.189 e. The zero-order valence-electron chi connectivity index (χ0n) is 17.1. The van der Waals surface area contributed by atoms with Crippen LogP contribution in [0, 0.1) is 12.7 Å². The first-order valence-electron chi connectivity index (χ1n) is 9.48. The Morgan fingerprint density at radius 2 is 2.17 bits per heavy atom. The minimum Gasteiger partial charge on any atom is -0.367 e. The Bertz CT molecular complexity index is 1170. The van der Waals surface area contributed by atoms with Crippen molar-refractivity contribution in [2.75, 3.05) is 0 Å². The first kappa shape index (κ1) is 10.4. The maximum atomic E-state index is 14.6. The van der Waals surface area contributed by atoms with Crippen LogP contribution < -0.4 is 0 Å². The Labute approximate surface area is 149 Å². The van der Waals surface area contributed by atoms with Crippen LogP contribution in [0.4, 0.5) is 4.39 Å². The van der Waals surface area contributed by atoms with E-state index in [-0.39, 0.29) is 27.5 Å². The Morgan fingerprint density at radius 1 is 1.33 bits per heavy atom. The summed E-state index contributed by atoms with van der Waals surface area (Å²) in [6.07, 6.45) is -3.41. The van der Waals surface area contributed by atoms with Gasteiger partial charge < -0.3 is 5.11 Å². The summed E-state index contributed by atoms with van der Waals surface area (Å²) in [7, 11) is 0. The van der Waals surface area contributed by atoms with Crippen LogP contribution in [0.15, 0.2) is 53.6 Å². The third kappa shape index (κ3) is 2.25. The molecule has 0 aliphatic carbocycles. The minimum atomic E-state index is -2.79. The van der Waals surface area contributed by atoms with E-state index in [2.05, 4.69) is 9.98 Å². The highest BCUT2D eigenvalue weighted by atomic mass is 35.5. The minimum absolute atomic E-state index is 0.0117. The molecule has 1 atom stereocenters. The lowest BCUT2D eigenvalue weighted by Crippen LogP contribution is -2.09. The van der Waals surface area contributed by atoms with Crippen molar-refractivity contribution >= 4 is 17.3 Å². The largest absolute Gasteiger partial charge is 0.367 e. The number of imidazole rings is 1. The molecule has 1 aliphatic rings. The Hall–Kier alpha value is -2.50. The van der Waals surface area contributed by atoms with E-state index >= 15 is 0 Å². The number of hydrogen-bond acceptors (Lipinski definition) is 3. The fourth-order valence-electron chi connectivity index (χ4n) is 2.67. The average molecular weight is 347 g/mol. The van der Waals surface area contributed by atoms with Gasteiger partial charge in [0.1, 0.15) is 11.6 Å². The molecule has 1 N–H and O–H groups in total.